The zero-order valence-corrected chi connectivity index (χ0v) is 11.4. The standard InChI is InChI=1S/C14H10ClF3N2O/c15-11-5-6-19-12(8-11)20-13(21)7-9-1-3-10(4-2-9)14(16,17)18/h1-6,8H,7H2,(H,19,20,21). The molecule has 1 aromatic heterocycles. The number of rotatable bonds is 3. The van der Waals surface area contributed by atoms with Crippen LogP contribution in [0.1, 0.15) is 11.1 Å². The molecule has 0 fully saturated rings. The number of alkyl halides is 3. The maximum Gasteiger partial charge on any atom is 0.416 e. The lowest BCUT2D eigenvalue weighted by Crippen LogP contribution is -2.15. The van der Waals surface area contributed by atoms with Gasteiger partial charge >= 0.3 is 6.18 Å². The molecule has 0 aliphatic rings. The SMILES string of the molecule is O=C(Cc1ccc(C(F)(F)F)cc1)Nc1cc(Cl)ccn1. The molecule has 110 valence electrons. The normalized spacial score (nSPS) is 11.2. The Labute approximate surface area is 123 Å². The number of hydrogen-bond donors (Lipinski definition) is 1. The second-order valence-corrected chi connectivity index (χ2v) is 4.72. The summed E-state index contributed by atoms with van der Waals surface area (Å²) in [5.74, 6) is -0.0936. The first kappa shape index (κ1) is 15.3. The Bertz CT molecular complexity index is 641. The summed E-state index contributed by atoms with van der Waals surface area (Å²) in [5, 5.41) is 2.95. The molecule has 1 heterocycles. The average molecular weight is 315 g/mol. The molecule has 0 aliphatic heterocycles. The molecule has 2 aromatic rings. The minimum Gasteiger partial charge on any atom is -0.310 e. The third-order valence-electron chi connectivity index (χ3n) is 2.64. The van der Waals surface area contributed by atoms with Gasteiger partial charge in [0, 0.05) is 11.2 Å². The predicted molar refractivity (Wildman–Crippen MR) is 73.0 cm³/mol. The highest BCUT2D eigenvalue weighted by atomic mass is 35.5. The molecular weight excluding hydrogens is 305 g/mol. The van der Waals surface area contributed by atoms with Crippen LogP contribution < -0.4 is 5.32 Å². The van der Waals surface area contributed by atoms with Crippen molar-refractivity contribution in [2.75, 3.05) is 5.32 Å². The van der Waals surface area contributed by atoms with Gasteiger partial charge in [0.1, 0.15) is 5.82 Å². The van der Waals surface area contributed by atoms with Gasteiger partial charge in [-0.2, -0.15) is 13.2 Å². The first-order valence-electron chi connectivity index (χ1n) is 5.92. The molecule has 0 unspecified atom stereocenters. The molecule has 0 atom stereocenters. The zero-order chi connectivity index (χ0) is 15.5. The van der Waals surface area contributed by atoms with Crippen LogP contribution in [0.2, 0.25) is 5.02 Å². The Morgan fingerprint density at radius 3 is 2.43 bits per heavy atom. The summed E-state index contributed by atoms with van der Waals surface area (Å²) >= 11 is 5.75. The summed E-state index contributed by atoms with van der Waals surface area (Å²) in [6, 6.07) is 7.47. The molecule has 0 radical (unpaired) electrons. The van der Waals surface area contributed by atoms with E-state index in [4.69, 9.17) is 11.6 Å². The molecule has 3 nitrogen and oxygen atoms in total. The Balaban J connectivity index is 2.00. The number of anilines is 1. The van der Waals surface area contributed by atoms with E-state index in [2.05, 4.69) is 10.3 Å². The number of carbonyl (C=O) groups excluding carboxylic acids is 1. The fourth-order valence-corrected chi connectivity index (χ4v) is 1.82. The summed E-state index contributed by atoms with van der Waals surface area (Å²) in [4.78, 5) is 15.7. The molecule has 1 amide bonds. The van der Waals surface area contributed by atoms with Crippen molar-refractivity contribution < 1.29 is 18.0 Å². The first-order chi connectivity index (χ1) is 9.84. The van der Waals surface area contributed by atoms with Crippen molar-refractivity contribution in [3.63, 3.8) is 0 Å². The number of amides is 1. The number of halogens is 4. The van der Waals surface area contributed by atoms with Gasteiger partial charge in [0.25, 0.3) is 0 Å². The molecule has 7 heteroatoms. The molecule has 0 spiro atoms. The number of hydrogen-bond acceptors (Lipinski definition) is 2. The van der Waals surface area contributed by atoms with E-state index in [9.17, 15) is 18.0 Å². The quantitative estimate of drug-likeness (QED) is 0.932. The average Bonchev–Trinajstić information content (AvgIpc) is 2.38. The van der Waals surface area contributed by atoms with E-state index >= 15 is 0 Å². The number of pyridine rings is 1. The van der Waals surface area contributed by atoms with Gasteiger partial charge < -0.3 is 5.32 Å². The van der Waals surface area contributed by atoms with E-state index in [1.165, 1.54) is 24.4 Å². The summed E-state index contributed by atoms with van der Waals surface area (Å²) in [7, 11) is 0. The minimum atomic E-state index is -4.38. The topological polar surface area (TPSA) is 42.0 Å². The molecular formula is C14H10ClF3N2O. The highest BCUT2D eigenvalue weighted by molar-refractivity contribution is 6.30. The number of carbonyl (C=O) groups is 1. The van der Waals surface area contributed by atoms with Crippen LogP contribution in [0.5, 0.6) is 0 Å². The van der Waals surface area contributed by atoms with Crippen LogP contribution in [0.15, 0.2) is 42.6 Å². The van der Waals surface area contributed by atoms with Crippen molar-refractivity contribution in [3.05, 3.63) is 58.7 Å². The van der Waals surface area contributed by atoms with E-state index < -0.39 is 11.7 Å². The van der Waals surface area contributed by atoms with Crippen LogP contribution in [0.4, 0.5) is 19.0 Å². The van der Waals surface area contributed by atoms with E-state index in [0.717, 1.165) is 12.1 Å². The second-order valence-electron chi connectivity index (χ2n) is 4.28. The van der Waals surface area contributed by atoms with E-state index in [1.807, 2.05) is 0 Å². The lowest BCUT2D eigenvalue weighted by atomic mass is 10.1. The maximum absolute atomic E-state index is 12.4. The van der Waals surface area contributed by atoms with Crippen molar-refractivity contribution in [3.8, 4) is 0 Å². The van der Waals surface area contributed by atoms with Gasteiger partial charge in [-0.15, -0.1) is 0 Å². The minimum absolute atomic E-state index is 0.0493. The maximum atomic E-state index is 12.4. The molecule has 21 heavy (non-hydrogen) atoms. The molecule has 2 rings (SSSR count). The number of aromatic nitrogens is 1. The fourth-order valence-electron chi connectivity index (χ4n) is 1.66. The van der Waals surface area contributed by atoms with Crippen molar-refractivity contribution in [2.45, 2.75) is 12.6 Å². The largest absolute Gasteiger partial charge is 0.416 e. The molecule has 0 saturated carbocycles. The van der Waals surface area contributed by atoms with Crippen molar-refractivity contribution in [1.29, 1.82) is 0 Å². The van der Waals surface area contributed by atoms with Crippen LogP contribution in [0.3, 0.4) is 0 Å². The predicted octanol–water partition coefficient (Wildman–Crippen LogP) is 3.94. The first-order valence-corrected chi connectivity index (χ1v) is 6.30. The Hall–Kier alpha value is -2.08. The lowest BCUT2D eigenvalue weighted by molar-refractivity contribution is -0.137. The van der Waals surface area contributed by atoms with Crippen molar-refractivity contribution >= 4 is 23.3 Å². The Kier molecular flexibility index (Phi) is 4.47. The number of nitrogens with one attached hydrogen (secondary N) is 1. The molecule has 0 bridgehead atoms. The summed E-state index contributed by atoms with van der Waals surface area (Å²) in [6.07, 6.45) is -2.99. The van der Waals surface area contributed by atoms with Gasteiger partial charge in [0.05, 0.1) is 12.0 Å². The van der Waals surface area contributed by atoms with E-state index in [0.29, 0.717) is 16.4 Å². The highest BCUT2D eigenvalue weighted by Gasteiger charge is 2.29. The lowest BCUT2D eigenvalue weighted by Gasteiger charge is -2.08. The van der Waals surface area contributed by atoms with Crippen LogP contribution in [0, 0.1) is 0 Å². The van der Waals surface area contributed by atoms with Gasteiger partial charge in [-0.1, -0.05) is 23.7 Å². The van der Waals surface area contributed by atoms with Crippen LogP contribution in [-0.4, -0.2) is 10.9 Å². The van der Waals surface area contributed by atoms with Crippen LogP contribution in [0.25, 0.3) is 0 Å². The van der Waals surface area contributed by atoms with Crippen LogP contribution in [-0.2, 0) is 17.4 Å². The van der Waals surface area contributed by atoms with Gasteiger partial charge in [-0.05, 0) is 29.8 Å². The summed E-state index contributed by atoms with van der Waals surface area (Å²) in [6.45, 7) is 0. The third kappa shape index (κ3) is 4.46. The third-order valence-corrected chi connectivity index (χ3v) is 2.87. The van der Waals surface area contributed by atoms with Gasteiger partial charge in [0.2, 0.25) is 5.91 Å². The summed E-state index contributed by atoms with van der Waals surface area (Å²) in [5.41, 5.74) is -0.273. The molecule has 0 saturated heterocycles. The molecule has 1 N–H and O–H groups in total. The monoisotopic (exact) mass is 314 g/mol. The van der Waals surface area contributed by atoms with Gasteiger partial charge in [0.15, 0.2) is 0 Å². The Morgan fingerprint density at radius 1 is 1.19 bits per heavy atom. The van der Waals surface area contributed by atoms with Crippen molar-refractivity contribution in [2.24, 2.45) is 0 Å². The van der Waals surface area contributed by atoms with Crippen molar-refractivity contribution in [1.82, 2.24) is 4.98 Å². The molecule has 1 aromatic carbocycles. The van der Waals surface area contributed by atoms with E-state index in [1.54, 1.807) is 6.07 Å². The smallest absolute Gasteiger partial charge is 0.310 e. The molecule has 0 aliphatic carbocycles. The Morgan fingerprint density at radius 2 is 1.86 bits per heavy atom. The number of nitrogens with zero attached hydrogens (tertiary/aromatic N) is 1. The second kappa shape index (κ2) is 6.13. The summed E-state index contributed by atoms with van der Waals surface area (Å²) < 4.78 is 37.2. The van der Waals surface area contributed by atoms with E-state index in [-0.39, 0.29) is 12.3 Å². The zero-order valence-electron chi connectivity index (χ0n) is 10.6. The highest BCUT2D eigenvalue weighted by Crippen LogP contribution is 2.29. The number of benzene rings is 1. The van der Waals surface area contributed by atoms with Crippen LogP contribution >= 0.6 is 11.6 Å². The van der Waals surface area contributed by atoms with Gasteiger partial charge in [-0.3, -0.25) is 4.79 Å². The van der Waals surface area contributed by atoms with Gasteiger partial charge in [-0.25, -0.2) is 4.98 Å². The fraction of sp³-hybridized carbons (Fsp3) is 0.143.